The third kappa shape index (κ3) is 5.08. The molecule has 1 atom stereocenters. The second-order valence-electron chi connectivity index (χ2n) is 5.61. The van der Waals surface area contributed by atoms with Gasteiger partial charge >= 0.3 is 7.60 Å². The number of hydrogen-bond donors (Lipinski definition) is 1. The van der Waals surface area contributed by atoms with Crippen molar-refractivity contribution < 1.29 is 15.0 Å². The summed E-state index contributed by atoms with van der Waals surface area (Å²) in [6, 6.07) is 16.5. The van der Waals surface area contributed by atoms with Crippen molar-refractivity contribution in [3.05, 3.63) is 60.2 Å². The largest absolute Gasteiger partial charge is 0.378 e. The van der Waals surface area contributed by atoms with Crippen molar-refractivity contribution in [3.63, 3.8) is 0 Å². The highest BCUT2D eigenvalue weighted by molar-refractivity contribution is 7.54. The van der Waals surface area contributed by atoms with Gasteiger partial charge in [0.15, 0.2) is 5.76 Å². The minimum Gasteiger partial charge on any atom is -0.378 e. The SMILES string of the molecule is [2H]C(Nc1ccc(N(C)C)cc1)(c1ccccc1)P(=O)(OCC)OCC. The van der Waals surface area contributed by atoms with E-state index in [4.69, 9.17) is 10.4 Å². The van der Waals surface area contributed by atoms with Crippen molar-refractivity contribution in [2.75, 3.05) is 37.5 Å². The predicted molar refractivity (Wildman–Crippen MR) is 104 cm³/mol. The first-order valence-corrected chi connectivity index (χ1v) is 9.91. The maximum Gasteiger partial charge on any atom is 0.357 e. The fourth-order valence-electron chi connectivity index (χ4n) is 2.38. The molecular formula is C19H27N2O3P. The van der Waals surface area contributed by atoms with E-state index in [2.05, 4.69) is 5.32 Å². The van der Waals surface area contributed by atoms with Crippen LogP contribution in [0.25, 0.3) is 0 Å². The van der Waals surface area contributed by atoms with Crippen LogP contribution in [-0.4, -0.2) is 27.3 Å². The fourth-order valence-corrected chi connectivity index (χ4v) is 4.12. The van der Waals surface area contributed by atoms with Crippen molar-refractivity contribution in [3.8, 4) is 0 Å². The van der Waals surface area contributed by atoms with Gasteiger partial charge in [-0.1, -0.05) is 30.3 Å². The van der Waals surface area contributed by atoms with Crippen LogP contribution in [0.15, 0.2) is 54.6 Å². The Morgan fingerprint density at radius 2 is 1.60 bits per heavy atom. The van der Waals surface area contributed by atoms with E-state index >= 15 is 0 Å². The molecule has 0 spiro atoms. The summed E-state index contributed by atoms with van der Waals surface area (Å²) in [4.78, 5) is 1.99. The Morgan fingerprint density at radius 3 is 2.08 bits per heavy atom. The highest BCUT2D eigenvalue weighted by atomic mass is 31.2. The summed E-state index contributed by atoms with van der Waals surface area (Å²) in [5.41, 5.74) is 2.21. The molecule has 0 aliphatic rings. The zero-order chi connectivity index (χ0) is 19.2. The second kappa shape index (κ2) is 9.04. The Balaban J connectivity index is 2.48. The molecule has 0 amide bonds. The van der Waals surface area contributed by atoms with Crippen LogP contribution < -0.4 is 10.2 Å². The maximum atomic E-state index is 13.5. The molecule has 0 fully saturated rings. The third-order valence-corrected chi connectivity index (χ3v) is 5.68. The van der Waals surface area contributed by atoms with Gasteiger partial charge in [-0.3, -0.25) is 4.57 Å². The molecule has 6 heteroatoms. The van der Waals surface area contributed by atoms with Gasteiger partial charge in [-0.25, -0.2) is 0 Å². The Bertz CT molecular complexity index is 730. The maximum absolute atomic E-state index is 13.5. The first-order valence-electron chi connectivity index (χ1n) is 8.86. The van der Waals surface area contributed by atoms with Gasteiger partial charge in [-0.15, -0.1) is 0 Å². The smallest absolute Gasteiger partial charge is 0.357 e. The Kier molecular flexibility index (Phi) is 6.51. The summed E-state index contributed by atoms with van der Waals surface area (Å²) in [6.45, 7) is 3.85. The summed E-state index contributed by atoms with van der Waals surface area (Å²) >= 11 is 0. The Labute approximate surface area is 151 Å². The van der Waals surface area contributed by atoms with Crippen molar-refractivity contribution in [1.29, 1.82) is 0 Å². The van der Waals surface area contributed by atoms with Crippen LogP contribution >= 0.6 is 7.60 Å². The summed E-state index contributed by atoms with van der Waals surface area (Å²) in [5, 5.41) is 3.08. The van der Waals surface area contributed by atoms with Gasteiger partial charge in [0, 0.05) is 25.5 Å². The molecule has 0 aliphatic carbocycles. The molecule has 0 aliphatic heterocycles. The van der Waals surface area contributed by atoms with Crippen molar-refractivity contribution in [2.45, 2.75) is 19.6 Å². The molecule has 5 nitrogen and oxygen atoms in total. The van der Waals surface area contributed by atoms with Gasteiger partial charge < -0.3 is 19.3 Å². The molecule has 0 heterocycles. The number of nitrogens with one attached hydrogen (secondary N) is 1. The van der Waals surface area contributed by atoms with E-state index < -0.39 is 13.4 Å². The molecule has 1 N–H and O–H groups in total. The lowest BCUT2D eigenvalue weighted by atomic mass is 10.2. The predicted octanol–water partition coefficient (Wildman–Crippen LogP) is 5.13. The molecule has 2 aromatic carbocycles. The highest BCUT2D eigenvalue weighted by Crippen LogP contribution is 2.60. The molecule has 0 saturated heterocycles. The van der Waals surface area contributed by atoms with Crippen molar-refractivity contribution in [1.82, 2.24) is 0 Å². The van der Waals surface area contributed by atoms with E-state index in [1.54, 1.807) is 38.1 Å². The van der Waals surface area contributed by atoms with E-state index in [9.17, 15) is 4.57 Å². The van der Waals surface area contributed by atoms with Gasteiger partial charge in [0.2, 0.25) is 0 Å². The van der Waals surface area contributed by atoms with Gasteiger partial charge in [0.05, 0.1) is 14.6 Å². The lowest BCUT2D eigenvalue weighted by Gasteiger charge is -2.28. The average Bonchev–Trinajstić information content (AvgIpc) is 2.63. The van der Waals surface area contributed by atoms with E-state index in [1.807, 2.05) is 49.3 Å². The summed E-state index contributed by atoms with van der Waals surface area (Å²) in [6.07, 6.45) is 0. The normalized spacial score (nSPS) is 14.5. The van der Waals surface area contributed by atoms with Gasteiger partial charge in [-0.2, -0.15) is 0 Å². The minimum absolute atomic E-state index is 0.186. The van der Waals surface area contributed by atoms with Crippen LogP contribution in [0.3, 0.4) is 0 Å². The summed E-state index contributed by atoms with van der Waals surface area (Å²) in [5.74, 6) is -1.76. The summed E-state index contributed by atoms with van der Waals surface area (Å²) < 4.78 is 33.6. The molecule has 0 aromatic heterocycles. The summed E-state index contributed by atoms with van der Waals surface area (Å²) in [7, 11) is 0.101. The molecule has 0 saturated carbocycles. The quantitative estimate of drug-likeness (QED) is 0.626. The van der Waals surface area contributed by atoms with E-state index in [0.717, 1.165) is 5.69 Å². The molecule has 0 radical (unpaired) electrons. The van der Waals surface area contributed by atoms with Crippen LogP contribution in [0.4, 0.5) is 11.4 Å². The van der Waals surface area contributed by atoms with Crippen LogP contribution in [0.5, 0.6) is 0 Å². The van der Waals surface area contributed by atoms with Crippen LogP contribution in [0.2, 0.25) is 0 Å². The second-order valence-corrected chi connectivity index (χ2v) is 7.57. The molecule has 25 heavy (non-hydrogen) atoms. The first-order chi connectivity index (χ1) is 12.4. The number of rotatable bonds is 9. The highest BCUT2D eigenvalue weighted by Gasteiger charge is 2.36. The van der Waals surface area contributed by atoms with Crippen LogP contribution in [0, 0.1) is 0 Å². The van der Waals surface area contributed by atoms with Crippen molar-refractivity contribution >= 4 is 19.0 Å². The lowest BCUT2D eigenvalue weighted by molar-refractivity contribution is 0.214. The minimum atomic E-state index is -3.81. The molecule has 136 valence electrons. The number of benzene rings is 2. The number of anilines is 2. The molecular weight excluding hydrogens is 335 g/mol. The Hall–Kier alpha value is -1.81. The van der Waals surface area contributed by atoms with Gasteiger partial charge in [0.25, 0.3) is 0 Å². The van der Waals surface area contributed by atoms with E-state index in [0.29, 0.717) is 11.3 Å². The third-order valence-electron chi connectivity index (χ3n) is 3.57. The molecule has 0 bridgehead atoms. The van der Waals surface area contributed by atoms with Crippen molar-refractivity contribution in [2.24, 2.45) is 0 Å². The number of nitrogens with zero attached hydrogens (tertiary/aromatic N) is 1. The topological polar surface area (TPSA) is 50.8 Å². The molecule has 2 aromatic rings. The monoisotopic (exact) mass is 363 g/mol. The molecule has 2 rings (SSSR count). The first kappa shape index (κ1) is 18.0. The zero-order valence-corrected chi connectivity index (χ0v) is 16.1. The zero-order valence-electron chi connectivity index (χ0n) is 16.2. The number of hydrogen-bond acceptors (Lipinski definition) is 5. The van der Waals surface area contributed by atoms with Crippen LogP contribution in [0.1, 0.15) is 26.5 Å². The molecule has 1 unspecified atom stereocenters. The average molecular weight is 363 g/mol. The fraction of sp³-hybridized carbons (Fsp3) is 0.368. The van der Waals surface area contributed by atoms with E-state index in [1.165, 1.54) is 0 Å². The lowest BCUT2D eigenvalue weighted by Crippen LogP contribution is -2.15. The van der Waals surface area contributed by atoms with Gasteiger partial charge in [-0.05, 0) is 43.7 Å². The standard InChI is InChI=1S/C19H27N2O3P/c1-5-23-25(22,24-6-2)19(16-10-8-7-9-11-16)20-17-12-14-18(15-13-17)21(3)4/h7-15,19-20H,5-6H2,1-4H3/i19D. The van der Waals surface area contributed by atoms with E-state index in [-0.39, 0.29) is 13.2 Å². The Morgan fingerprint density at radius 1 is 1.04 bits per heavy atom. The van der Waals surface area contributed by atoms with Crippen LogP contribution in [-0.2, 0) is 13.6 Å². The van der Waals surface area contributed by atoms with Gasteiger partial charge in [0.1, 0.15) is 0 Å².